The Bertz CT molecular complexity index is 499. The Hall–Kier alpha value is -0.980. The van der Waals surface area contributed by atoms with Crippen molar-refractivity contribution in [2.75, 3.05) is 0 Å². The van der Waals surface area contributed by atoms with Gasteiger partial charge >= 0.3 is 0 Å². The molecule has 0 aliphatic heterocycles. The number of rotatable bonds is 4. The zero-order valence-electron chi connectivity index (χ0n) is 10.5. The van der Waals surface area contributed by atoms with E-state index in [0.29, 0.717) is 18.2 Å². The van der Waals surface area contributed by atoms with Crippen LogP contribution in [0.1, 0.15) is 31.9 Å². The molecule has 5 nitrogen and oxygen atoms in total. The summed E-state index contributed by atoms with van der Waals surface area (Å²) < 4.78 is 27.1. The van der Waals surface area contributed by atoms with Crippen LogP contribution in [-0.4, -0.2) is 19.4 Å². The fourth-order valence-corrected chi connectivity index (χ4v) is 3.60. The van der Waals surface area contributed by atoms with E-state index in [-0.39, 0.29) is 10.9 Å². The number of nitrogens with two attached hydrogens (primary N) is 1. The standard InChI is InChI=1S/C12H19N3O2S/c1-9-3-2-4-12(9)15-18(16,17)11-6-5-10(7-13)14-8-11/h5-6,8-9,12,15H,2-4,7,13H2,1H3. The van der Waals surface area contributed by atoms with Gasteiger partial charge in [0, 0.05) is 18.8 Å². The summed E-state index contributed by atoms with van der Waals surface area (Å²) in [5, 5.41) is 0. The minimum Gasteiger partial charge on any atom is -0.325 e. The van der Waals surface area contributed by atoms with Crippen LogP contribution < -0.4 is 10.5 Å². The SMILES string of the molecule is CC1CCCC1NS(=O)(=O)c1ccc(CN)nc1. The Morgan fingerprint density at radius 3 is 2.72 bits per heavy atom. The molecule has 18 heavy (non-hydrogen) atoms. The Morgan fingerprint density at radius 1 is 1.44 bits per heavy atom. The van der Waals surface area contributed by atoms with E-state index in [1.807, 2.05) is 0 Å². The van der Waals surface area contributed by atoms with Gasteiger partial charge < -0.3 is 5.73 Å². The van der Waals surface area contributed by atoms with Gasteiger partial charge in [-0.3, -0.25) is 4.98 Å². The molecule has 1 fully saturated rings. The first-order valence-electron chi connectivity index (χ1n) is 6.20. The fourth-order valence-electron chi connectivity index (χ4n) is 2.28. The molecule has 100 valence electrons. The van der Waals surface area contributed by atoms with E-state index in [9.17, 15) is 8.42 Å². The summed E-state index contributed by atoms with van der Waals surface area (Å²) in [6, 6.07) is 3.24. The normalized spacial score (nSPS) is 24.3. The minimum absolute atomic E-state index is 0.0455. The van der Waals surface area contributed by atoms with Crippen LogP contribution in [0.3, 0.4) is 0 Å². The van der Waals surface area contributed by atoms with Gasteiger partial charge in [-0.25, -0.2) is 13.1 Å². The Morgan fingerprint density at radius 2 is 2.22 bits per heavy atom. The van der Waals surface area contributed by atoms with Gasteiger partial charge in [-0.05, 0) is 30.9 Å². The van der Waals surface area contributed by atoms with Gasteiger partial charge in [-0.1, -0.05) is 13.3 Å². The van der Waals surface area contributed by atoms with Gasteiger partial charge in [-0.2, -0.15) is 0 Å². The average Bonchev–Trinajstić information content (AvgIpc) is 2.74. The zero-order chi connectivity index (χ0) is 13.2. The van der Waals surface area contributed by atoms with E-state index >= 15 is 0 Å². The van der Waals surface area contributed by atoms with Crippen molar-refractivity contribution in [1.82, 2.24) is 9.71 Å². The van der Waals surface area contributed by atoms with Crippen LogP contribution in [0.4, 0.5) is 0 Å². The van der Waals surface area contributed by atoms with E-state index < -0.39 is 10.0 Å². The van der Waals surface area contributed by atoms with Crippen LogP contribution in [0, 0.1) is 5.92 Å². The second-order valence-electron chi connectivity index (χ2n) is 4.83. The summed E-state index contributed by atoms with van der Waals surface area (Å²) in [4.78, 5) is 4.22. The first-order valence-corrected chi connectivity index (χ1v) is 7.68. The molecule has 2 atom stereocenters. The van der Waals surface area contributed by atoms with Crippen molar-refractivity contribution in [3.05, 3.63) is 24.0 Å². The summed E-state index contributed by atoms with van der Waals surface area (Å²) in [7, 11) is -3.45. The Kier molecular flexibility index (Phi) is 3.99. The lowest BCUT2D eigenvalue weighted by Gasteiger charge is -2.17. The molecule has 0 aromatic carbocycles. The molecule has 0 bridgehead atoms. The van der Waals surface area contributed by atoms with Gasteiger partial charge in [0.1, 0.15) is 4.90 Å². The number of pyridine rings is 1. The number of aromatic nitrogens is 1. The van der Waals surface area contributed by atoms with E-state index in [4.69, 9.17) is 5.73 Å². The predicted octanol–water partition coefficient (Wildman–Crippen LogP) is 1.01. The summed E-state index contributed by atoms with van der Waals surface area (Å²) in [5.41, 5.74) is 6.12. The highest BCUT2D eigenvalue weighted by Gasteiger charge is 2.28. The number of nitrogens with zero attached hydrogens (tertiary/aromatic N) is 1. The number of sulfonamides is 1. The van der Waals surface area contributed by atoms with Crippen LogP contribution in [0.15, 0.2) is 23.2 Å². The molecule has 2 rings (SSSR count). The number of hydrogen-bond acceptors (Lipinski definition) is 4. The largest absolute Gasteiger partial charge is 0.325 e. The molecule has 0 saturated heterocycles. The smallest absolute Gasteiger partial charge is 0.242 e. The highest BCUT2D eigenvalue weighted by molar-refractivity contribution is 7.89. The highest BCUT2D eigenvalue weighted by atomic mass is 32.2. The van der Waals surface area contributed by atoms with E-state index in [0.717, 1.165) is 19.3 Å². The quantitative estimate of drug-likeness (QED) is 0.854. The monoisotopic (exact) mass is 269 g/mol. The molecular formula is C12H19N3O2S. The Labute approximate surface area is 108 Å². The molecular weight excluding hydrogens is 250 g/mol. The second kappa shape index (κ2) is 5.34. The van der Waals surface area contributed by atoms with Gasteiger partial charge in [0.25, 0.3) is 0 Å². The lowest BCUT2D eigenvalue weighted by atomic mass is 10.1. The molecule has 1 heterocycles. The Balaban J connectivity index is 2.14. The summed E-state index contributed by atoms with van der Waals surface area (Å²) in [6.07, 6.45) is 4.44. The zero-order valence-corrected chi connectivity index (χ0v) is 11.3. The fraction of sp³-hybridized carbons (Fsp3) is 0.583. The van der Waals surface area contributed by atoms with Crippen molar-refractivity contribution >= 4 is 10.0 Å². The van der Waals surface area contributed by atoms with Crippen LogP contribution in [0.2, 0.25) is 0 Å². The maximum Gasteiger partial charge on any atom is 0.242 e. The molecule has 1 aromatic rings. The lowest BCUT2D eigenvalue weighted by Crippen LogP contribution is -2.36. The summed E-state index contributed by atoms with van der Waals surface area (Å²) in [5.74, 6) is 0.399. The molecule has 0 spiro atoms. The van der Waals surface area contributed by atoms with Crippen molar-refractivity contribution in [2.24, 2.45) is 11.7 Å². The molecule has 1 saturated carbocycles. The molecule has 1 aliphatic carbocycles. The lowest BCUT2D eigenvalue weighted by molar-refractivity contribution is 0.476. The van der Waals surface area contributed by atoms with Crippen molar-refractivity contribution in [1.29, 1.82) is 0 Å². The molecule has 6 heteroatoms. The van der Waals surface area contributed by atoms with Gasteiger partial charge in [0.15, 0.2) is 0 Å². The predicted molar refractivity (Wildman–Crippen MR) is 69.3 cm³/mol. The summed E-state index contributed by atoms with van der Waals surface area (Å²) in [6.45, 7) is 2.39. The molecule has 1 aliphatic rings. The first kappa shape index (κ1) is 13.5. The van der Waals surface area contributed by atoms with Crippen molar-refractivity contribution in [3.8, 4) is 0 Å². The molecule has 0 radical (unpaired) electrons. The van der Waals surface area contributed by atoms with E-state index in [1.54, 1.807) is 12.1 Å². The van der Waals surface area contributed by atoms with Gasteiger partial charge in [-0.15, -0.1) is 0 Å². The third-order valence-corrected chi connectivity index (χ3v) is 4.96. The maximum atomic E-state index is 12.2. The van der Waals surface area contributed by atoms with Crippen LogP contribution in [-0.2, 0) is 16.6 Å². The first-order chi connectivity index (χ1) is 8.53. The highest BCUT2D eigenvalue weighted by Crippen LogP contribution is 2.26. The average molecular weight is 269 g/mol. The third-order valence-electron chi connectivity index (χ3n) is 3.49. The summed E-state index contributed by atoms with van der Waals surface area (Å²) >= 11 is 0. The number of nitrogens with one attached hydrogen (secondary N) is 1. The maximum absolute atomic E-state index is 12.2. The van der Waals surface area contributed by atoms with Gasteiger partial charge in [0.2, 0.25) is 10.0 Å². The van der Waals surface area contributed by atoms with Crippen molar-refractivity contribution < 1.29 is 8.42 Å². The minimum atomic E-state index is -3.45. The van der Waals surface area contributed by atoms with Crippen LogP contribution in [0.25, 0.3) is 0 Å². The molecule has 1 aromatic heterocycles. The van der Waals surface area contributed by atoms with Crippen molar-refractivity contribution in [2.45, 2.75) is 43.7 Å². The second-order valence-corrected chi connectivity index (χ2v) is 6.54. The molecule has 2 unspecified atom stereocenters. The topological polar surface area (TPSA) is 85.1 Å². The molecule has 0 amide bonds. The van der Waals surface area contributed by atoms with Crippen LogP contribution in [0.5, 0.6) is 0 Å². The van der Waals surface area contributed by atoms with E-state index in [2.05, 4.69) is 16.6 Å². The van der Waals surface area contributed by atoms with Gasteiger partial charge in [0.05, 0.1) is 5.69 Å². The molecule has 3 N–H and O–H groups in total. The van der Waals surface area contributed by atoms with E-state index in [1.165, 1.54) is 6.20 Å². The van der Waals surface area contributed by atoms with Crippen LogP contribution >= 0.6 is 0 Å². The third kappa shape index (κ3) is 2.88. The van der Waals surface area contributed by atoms with Crippen molar-refractivity contribution in [3.63, 3.8) is 0 Å². The number of hydrogen-bond donors (Lipinski definition) is 2.